The zero-order valence-electron chi connectivity index (χ0n) is 11.8. The van der Waals surface area contributed by atoms with Gasteiger partial charge in [-0.2, -0.15) is 11.3 Å². The molecule has 0 aliphatic rings. The van der Waals surface area contributed by atoms with Crippen molar-refractivity contribution in [3.05, 3.63) is 75.9 Å². The highest BCUT2D eigenvalue weighted by Gasteiger charge is 2.12. The molecule has 0 saturated carbocycles. The van der Waals surface area contributed by atoms with Crippen LogP contribution in [0.5, 0.6) is 0 Å². The predicted octanol–water partition coefficient (Wildman–Crippen LogP) is 5.25. The van der Waals surface area contributed by atoms with Gasteiger partial charge in [0.15, 0.2) is 0 Å². The van der Waals surface area contributed by atoms with E-state index in [1.807, 2.05) is 65.4 Å². The Morgan fingerprint density at radius 3 is 2.59 bits per heavy atom. The van der Waals surface area contributed by atoms with Crippen LogP contribution in [0, 0.1) is 0 Å². The van der Waals surface area contributed by atoms with E-state index in [-0.39, 0.29) is 5.91 Å². The Bertz CT molecular complexity index is 769. The van der Waals surface area contributed by atoms with E-state index < -0.39 is 0 Å². The van der Waals surface area contributed by atoms with Gasteiger partial charge in [0.2, 0.25) is 5.91 Å². The number of anilines is 1. The molecule has 1 amide bonds. The third-order valence-corrected chi connectivity index (χ3v) is 4.30. The Morgan fingerprint density at radius 1 is 1.05 bits per heavy atom. The maximum Gasteiger partial charge on any atom is 0.228 e. The van der Waals surface area contributed by atoms with Gasteiger partial charge in [0.05, 0.1) is 17.1 Å². The molecular formula is C18H14ClNOS. The van der Waals surface area contributed by atoms with Crippen LogP contribution in [-0.4, -0.2) is 5.91 Å². The first-order valence-corrected chi connectivity index (χ1v) is 8.21. The summed E-state index contributed by atoms with van der Waals surface area (Å²) < 4.78 is 0. The number of rotatable bonds is 4. The highest BCUT2D eigenvalue weighted by atomic mass is 35.5. The number of thiophene rings is 1. The highest BCUT2D eigenvalue weighted by molar-refractivity contribution is 7.08. The summed E-state index contributed by atoms with van der Waals surface area (Å²) >= 11 is 7.92. The van der Waals surface area contributed by atoms with Crippen molar-refractivity contribution in [2.24, 2.45) is 0 Å². The molecule has 0 aliphatic heterocycles. The van der Waals surface area contributed by atoms with Gasteiger partial charge in [-0.1, -0.05) is 48.0 Å². The van der Waals surface area contributed by atoms with E-state index in [9.17, 15) is 4.79 Å². The van der Waals surface area contributed by atoms with Gasteiger partial charge >= 0.3 is 0 Å². The molecule has 4 heteroatoms. The molecule has 0 aliphatic carbocycles. The average Bonchev–Trinajstić information content (AvgIpc) is 3.02. The van der Waals surface area contributed by atoms with Crippen LogP contribution in [0.1, 0.15) is 5.56 Å². The van der Waals surface area contributed by atoms with Crippen molar-refractivity contribution in [3.8, 4) is 11.1 Å². The molecule has 1 heterocycles. The highest BCUT2D eigenvalue weighted by Crippen LogP contribution is 2.36. The lowest BCUT2D eigenvalue weighted by Gasteiger charge is -2.12. The Hall–Kier alpha value is -2.10. The van der Waals surface area contributed by atoms with E-state index >= 15 is 0 Å². The minimum Gasteiger partial charge on any atom is -0.325 e. The molecule has 3 aromatic rings. The molecule has 22 heavy (non-hydrogen) atoms. The molecule has 3 rings (SSSR count). The molecule has 1 N–H and O–H groups in total. The van der Waals surface area contributed by atoms with E-state index in [1.165, 1.54) is 0 Å². The van der Waals surface area contributed by atoms with Crippen molar-refractivity contribution in [3.63, 3.8) is 0 Å². The molecular weight excluding hydrogens is 314 g/mol. The zero-order valence-corrected chi connectivity index (χ0v) is 13.3. The molecule has 0 unspecified atom stereocenters. The standard InChI is InChI=1S/C18H14ClNOS/c19-15-7-4-8-16(18(15)14-9-10-22-12-14)20-17(21)11-13-5-2-1-3-6-13/h1-10,12H,11H2,(H,20,21). The molecule has 0 saturated heterocycles. The quantitative estimate of drug-likeness (QED) is 0.696. The summed E-state index contributed by atoms with van der Waals surface area (Å²) in [6.45, 7) is 0. The van der Waals surface area contributed by atoms with Gasteiger partial charge in [-0.3, -0.25) is 4.79 Å². The third kappa shape index (κ3) is 3.38. The van der Waals surface area contributed by atoms with E-state index in [4.69, 9.17) is 11.6 Å². The van der Waals surface area contributed by atoms with Crippen molar-refractivity contribution in [1.82, 2.24) is 0 Å². The maximum absolute atomic E-state index is 12.3. The molecule has 0 bridgehead atoms. The van der Waals surface area contributed by atoms with E-state index in [2.05, 4.69) is 5.32 Å². The van der Waals surface area contributed by atoms with E-state index in [1.54, 1.807) is 11.3 Å². The topological polar surface area (TPSA) is 29.1 Å². The molecule has 0 spiro atoms. The number of carbonyl (C=O) groups is 1. The maximum atomic E-state index is 12.3. The Balaban J connectivity index is 1.84. The van der Waals surface area contributed by atoms with Crippen LogP contribution >= 0.6 is 22.9 Å². The number of carbonyl (C=O) groups excluding carboxylic acids is 1. The fourth-order valence-corrected chi connectivity index (χ4v) is 3.23. The van der Waals surface area contributed by atoms with Gasteiger partial charge in [0, 0.05) is 5.56 Å². The summed E-state index contributed by atoms with van der Waals surface area (Å²) in [5, 5.41) is 7.62. The Kier molecular flexibility index (Phi) is 4.56. The predicted molar refractivity (Wildman–Crippen MR) is 93.5 cm³/mol. The third-order valence-electron chi connectivity index (χ3n) is 3.31. The van der Waals surface area contributed by atoms with Gasteiger partial charge in [-0.25, -0.2) is 0 Å². The van der Waals surface area contributed by atoms with Crippen LogP contribution in [0.25, 0.3) is 11.1 Å². The summed E-state index contributed by atoms with van der Waals surface area (Å²) in [4.78, 5) is 12.3. The second kappa shape index (κ2) is 6.77. The molecule has 0 atom stereocenters. The summed E-state index contributed by atoms with van der Waals surface area (Å²) in [5.41, 5.74) is 3.61. The summed E-state index contributed by atoms with van der Waals surface area (Å²) in [5.74, 6) is -0.0510. The van der Waals surface area contributed by atoms with Gasteiger partial charge in [-0.15, -0.1) is 0 Å². The van der Waals surface area contributed by atoms with Crippen molar-refractivity contribution >= 4 is 34.5 Å². The first-order valence-electron chi connectivity index (χ1n) is 6.89. The van der Waals surface area contributed by atoms with Crippen LogP contribution in [0.4, 0.5) is 5.69 Å². The van der Waals surface area contributed by atoms with Gasteiger partial charge in [0.1, 0.15) is 0 Å². The number of hydrogen-bond acceptors (Lipinski definition) is 2. The second-order valence-corrected chi connectivity index (χ2v) is 6.07. The van der Waals surface area contributed by atoms with E-state index in [0.29, 0.717) is 11.4 Å². The van der Waals surface area contributed by atoms with Crippen molar-refractivity contribution < 1.29 is 4.79 Å². The van der Waals surface area contributed by atoms with Crippen molar-refractivity contribution in [2.75, 3.05) is 5.32 Å². The lowest BCUT2D eigenvalue weighted by Crippen LogP contribution is -2.15. The summed E-state index contributed by atoms with van der Waals surface area (Å²) in [7, 11) is 0. The van der Waals surface area contributed by atoms with Gasteiger partial charge in [0.25, 0.3) is 0 Å². The van der Waals surface area contributed by atoms with Crippen molar-refractivity contribution in [2.45, 2.75) is 6.42 Å². The van der Waals surface area contributed by atoms with Gasteiger partial charge < -0.3 is 5.32 Å². The first-order chi connectivity index (χ1) is 10.7. The van der Waals surface area contributed by atoms with Gasteiger partial charge in [-0.05, 0) is 40.1 Å². The largest absolute Gasteiger partial charge is 0.325 e. The van der Waals surface area contributed by atoms with Crippen molar-refractivity contribution in [1.29, 1.82) is 0 Å². The van der Waals surface area contributed by atoms with Crippen LogP contribution in [0.2, 0.25) is 5.02 Å². The van der Waals surface area contributed by atoms with Crippen LogP contribution in [-0.2, 0) is 11.2 Å². The lowest BCUT2D eigenvalue weighted by molar-refractivity contribution is -0.115. The normalized spacial score (nSPS) is 10.4. The summed E-state index contributed by atoms with van der Waals surface area (Å²) in [6.07, 6.45) is 0.344. The number of amides is 1. The minimum absolute atomic E-state index is 0.0510. The number of benzene rings is 2. The van der Waals surface area contributed by atoms with Crippen LogP contribution in [0.15, 0.2) is 65.4 Å². The van der Waals surface area contributed by atoms with Crippen LogP contribution < -0.4 is 5.32 Å². The van der Waals surface area contributed by atoms with E-state index in [0.717, 1.165) is 22.4 Å². The Labute approximate surface area is 138 Å². The molecule has 2 aromatic carbocycles. The monoisotopic (exact) mass is 327 g/mol. The molecule has 110 valence electrons. The second-order valence-electron chi connectivity index (χ2n) is 4.88. The molecule has 2 nitrogen and oxygen atoms in total. The Morgan fingerprint density at radius 2 is 1.86 bits per heavy atom. The molecule has 1 aromatic heterocycles. The zero-order chi connectivity index (χ0) is 15.4. The fraction of sp³-hybridized carbons (Fsp3) is 0.0556. The smallest absolute Gasteiger partial charge is 0.228 e. The number of halogens is 1. The first kappa shape index (κ1) is 14.8. The summed E-state index contributed by atoms with van der Waals surface area (Å²) in [6, 6.07) is 17.2. The average molecular weight is 328 g/mol. The molecule has 0 fully saturated rings. The number of hydrogen-bond donors (Lipinski definition) is 1. The molecule has 0 radical (unpaired) electrons. The lowest BCUT2D eigenvalue weighted by atomic mass is 10.1. The number of nitrogens with one attached hydrogen (secondary N) is 1. The minimum atomic E-state index is -0.0510. The fourth-order valence-electron chi connectivity index (χ4n) is 2.30. The van der Waals surface area contributed by atoms with Crippen LogP contribution in [0.3, 0.4) is 0 Å². The SMILES string of the molecule is O=C(Cc1ccccc1)Nc1cccc(Cl)c1-c1ccsc1.